The Hall–Kier alpha value is -4.62. The van der Waals surface area contributed by atoms with Crippen LogP contribution in [-0.4, -0.2) is 70.9 Å². The second-order valence-corrected chi connectivity index (χ2v) is 10.6. The van der Waals surface area contributed by atoms with Gasteiger partial charge in [-0.1, -0.05) is 6.07 Å². The number of carbonyl (C=O) groups excluding carboxylic acids is 1. The lowest BCUT2D eigenvalue weighted by atomic mass is 10.1. The average molecular weight is 610 g/mol. The zero-order chi connectivity index (χ0) is 31.4. The lowest BCUT2D eigenvalue weighted by molar-refractivity contribution is -0.137. The topological polar surface area (TPSA) is 95.5 Å². The summed E-state index contributed by atoms with van der Waals surface area (Å²) in [5, 5.41) is 5.38. The fraction of sp³-hybridized carbons (Fsp3) is 0.290. The predicted molar refractivity (Wildman–Crippen MR) is 158 cm³/mol. The van der Waals surface area contributed by atoms with Gasteiger partial charge in [0.25, 0.3) is 5.91 Å². The van der Waals surface area contributed by atoms with E-state index in [-0.39, 0.29) is 17.3 Å². The van der Waals surface area contributed by atoms with Crippen molar-refractivity contribution in [2.45, 2.75) is 25.2 Å². The van der Waals surface area contributed by atoms with Crippen molar-refractivity contribution in [3.05, 3.63) is 89.5 Å². The van der Waals surface area contributed by atoms with Crippen LogP contribution in [0.15, 0.2) is 67.0 Å². The summed E-state index contributed by atoms with van der Waals surface area (Å²) in [7, 11) is 5.64. The minimum Gasteiger partial charge on any atom is -0.438 e. The number of aromatic nitrogens is 3. The number of benzene rings is 2. The van der Waals surface area contributed by atoms with Crippen molar-refractivity contribution >= 4 is 17.5 Å². The molecule has 0 unspecified atom stereocenters. The third-order valence-corrected chi connectivity index (χ3v) is 7.38. The minimum atomic E-state index is -4.63. The Labute approximate surface area is 251 Å². The van der Waals surface area contributed by atoms with Gasteiger partial charge in [-0.15, -0.1) is 0 Å². The molecule has 13 heteroatoms. The van der Waals surface area contributed by atoms with Crippen LogP contribution in [0.25, 0.3) is 11.3 Å². The second-order valence-electron chi connectivity index (χ2n) is 10.6. The number of likely N-dealkylation sites (N-methyl/N-ethyl adjacent to an activating group) is 1. The van der Waals surface area contributed by atoms with E-state index in [2.05, 4.69) is 35.4 Å². The highest BCUT2D eigenvalue weighted by molar-refractivity contribution is 6.05. The first kappa shape index (κ1) is 30.8. The number of alkyl halides is 3. The SMILES string of the molecule is CNc1nccc(-c2cccnc2Oc2ccc(F)c(C(=O)Nc3cc(C(F)(F)F)ccc3CN3CC[C@@H](N(C)C)C3)c2)n1. The molecule has 2 N–H and O–H groups in total. The molecule has 0 spiro atoms. The Morgan fingerprint density at radius 2 is 1.91 bits per heavy atom. The zero-order valence-electron chi connectivity index (χ0n) is 24.3. The predicted octanol–water partition coefficient (Wildman–Crippen LogP) is 5.92. The van der Waals surface area contributed by atoms with Crippen molar-refractivity contribution in [1.82, 2.24) is 24.8 Å². The monoisotopic (exact) mass is 609 g/mol. The van der Waals surface area contributed by atoms with Crippen LogP contribution in [-0.2, 0) is 12.7 Å². The van der Waals surface area contributed by atoms with Crippen LogP contribution in [0.1, 0.15) is 27.9 Å². The molecule has 1 aliphatic rings. The van der Waals surface area contributed by atoms with Gasteiger partial charge in [0.1, 0.15) is 11.6 Å². The molecule has 1 amide bonds. The summed E-state index contributed by atoms with van der Waals surface area (Å²) >= 11 is 0. The van der Waals surface area contributed by atoms with Gasteiger partial charge in [0, 0.05) is 50.8 Å². The molecule has 0 bridgehead atoms. The molecule has 230 valence electrons. The molecule has 0 radical (unpaired) electrons. The number of pyridine rings is 1. The van der Waals surface area contributed by atoms with E-state index in [9.17, 15) is 22.4 Å². The van der Waals surface area contributed by atoms with Crippen LogP contribution < -0.4 is 15.4 Å². The molecular formula is C31H31F4N7O2. The van der Waals surface area contributed by atoms with E-state index >= 15 is 0 Å². The first-order chi connectivity index (χ1) is 21.0. The maximum atomic E-state index is 15.0. The van der Waals surface area contributed by atoms with Crippen molar-refractivity contribution in [1.29, 1.82) is 0 Å². The van der Waals surface area contributed by atoms with E-state index in [0.29, 0.717) is 35.4 Å². The van der Waals surface area contributed by atoms with Gasteiger partial charge < -0.3 is 20.3 Å². The Bertz CT molecular complexity index is 1650. The molecule has 2 aromatic carbocycles. The van der Waals surface area contributed by atoms with Gasteiger partial charge in [-0.05, 0) is 74.6 Å². The first-order valence-electron chi connectivity index (χ1n) is 13.9. The summed E-state index contributed by atoms with van der Waals surface area (Å²) in [6.07, 6.45) is -0.637. The third-order valence-electron chi connectivity index (χ3n) is 7.38. The number of rotatable bonds is 9. The van der Waals surface area contributed by atoms with E-state index in [1.54, 1.807) is 31.4 Å². The van der Waals surface area contributed by atoms with E-state index in [4.69, 9.17) is 4.74 Å². The Morgan fingerprint density at radius 1 is 1.09 bits per heavy atom. The maximum Gasteiger partial charge on any atom is 0.416 e. The van der Waals surface area contributed by atoms with Gasteiger partial charge >= 0.3 is 6.18 Å². The Morgan fingerprint density at radius 3 is 2.64 bits per heavy atom. The van der Waals surface area contributed by atoms with E-state index < -0.39 is 29.0 Å². The van der Waals surface area contributed by atoms with E-state index in [0.717, 1.165) is 37.7 Å². The molecule has 0 saturated carbocycles. The van der Waals surface area contributed by atoms with E-state index in [1.165, 1.54) is 24.4 Å². The van der Waals surface area contributed by atoms with Crippen molar-refractivity contribution in [2.24, 2.45) is 0 Å². The summed E-state index contributed by atoms with van der Waals surface area (Å²) in [6.45, 7) is 1.81. The molecule has 3 heterocycles. The minimum absolute atomic E-state index is 0.0417. The highest BCUT2D eigenvalue weighted by atomic mass is 19.4. The molecule has 1 atom stereocenters. The van der Waals surface area contributed by atoms with Gasteiger partial charge in [-0.3, -0.25) is 9.69 Å². The van der Waals surface area contributed by atoms with Crippen LogP contribution in [0.3, 0.4) is 0 Å². The molecule has 1 aliphatic heterocycles. The summed E-state index contributed by atoms with van der Waals surface area (Å²) in [6, 6.07) is 12.2. The number of nitrogens with one attached hydrogen (secondary N) is 2. The fourth-order valence-electron chi connectivity index (χ4n) is 4.96. The van der Waals surface area contributed by atoms with Crippen molar-refractivity contribution < 1.29 is 27.1 Å². The number of anilines is 2. The molecule has 1 fully saturated rings. The van der Waals surface area contributed by atoms with Crippen LogP contribution >= 0.6 is 0 Å². The Kier molecular flexibility index (Phi) is 9.06. The molecule has 9 nitrogen and oxygen atoms in total. The number of hydrogen-bond acceptors (Lipinski definition) is 8. The number of hydrogen-bond donors (Lipinski definition) is 2. The quantitative estimate of drug-likeness (QED) is 0.226. The van der Waals surface area contributed by atoms with Crippen LogP contribution in [0.2, 0.25) is 0 Å². The summed E-state index contributed by atoms with van der Waals surface area (Å²) in [5.41, 5.74) is 0.155. The normalized spacial score (nSPS) is 15.4. The fourth-order valence-corrected chi connectivity index (χ4v) is 4.96. The lowest BCUT2D eigenvalue weighted by Gasteiger charge is -2.22. The van der Waals surface area contributed by atoms with Gasteiger partial charge in [-0.25, -0.2) is 19.3 Å². The third kappa shape index (κ3) is 7.12. The molecule has 0 aliphatic carbocycles. The summed E-state index contributed by atoms with van der Waals surface area (Å²) < 4.78 is 61.7. The van der Waals surface area contributed by atoms with Gasteiger partial charge in [-0.2, -0.15) is 13.2 Å². The lowest BCUT2D eigenvalue weighted by Crippen LogP contribution is -2.31. The van der Waals surface area contributed by atoms with Gasteiger partial charge in [0.2, 0.25) is 11.8 Å². The standard InChI is InChI=1S/C31H31F4N7O2/c1-36-30-38-13-10-26(40-30)23-5-4-12-37-29(23)44-22-8-9-25(32)24(16-22)28(43)39-27-15-20(31(33,34)35)7-6-19(27)17-42-14-11-21(18-42)41(2)3/h4-10,12-13,15-16,21H,11,14,17-18H2,1-3H3,(H,39,43)(H,36,38,40)/t21-/m1/s1. The van der Waals surface area contributed by atoms with Gasteiger partial charge in [0.15, 0.2) is 0 Å². The number of carbonyl (C=O) groups is 1. The summed E-state index contributed by atoms with van der Waals surface area (Å²) in [4.78, 5) is 30.3. The van der Waals surface area contributed by atoms with Crippen molar-refractivity contribution in [3.63, 3.8) is 0 Å². The number of halogens is 4. The van der Waals surface area contributed by atoms with Crippen LogP contribution in [0, 0.1) is 5.82 Å². The molecule has 5 rings (SSSR count). The average Bonchev–Trinajstić information content (AvgIpc) is 3.48. The van der Waals surface area contributed by atoms with Crippen molar-refractivity contribution in [2.75, 3.05) is 44.9 Å². The molecule has 4 aromatic rings. The molecule has 44 heavy (non-hydrogen) atoms. The number of amides is 1. The van der Waals surface area contributed by atoms with Crippen molar-refractivity contribution in [3.8, 4) is 22.9 Å². The highest BCUT2D eigenvalue weighted by Gasteiger charge is 2.32. The number of likely N-dealkylation sites (tertiary alicyclic amines) is 1. The second kappa shape index (κ2) is 12.9. The summed E-state index contributed by atoms with van der Waals surface area (Å²) in [5.74, 6) is -1.16. The number of nitrogens with zero attached hydrogens (tertiary/aromatic N) is 5. The largest absolute Gasteiger partial charge is 0.438 e. The van der Waals surface area contributed by atoms with E-state index in [1.807, 2.05) is 14.1 Å². The smallest absolute Gasteiger partial charge is 0.416 e. The number of ether oxygens (including phenoxy) is 1. The Balaban J connectivity index is 1.41. The highest BCUT2D eigenvalue weighted by Crippen LogP contribution is 2.34. The van der Waals surface area contributed by atoms with Crippen LogP contribution in [0.5, 0.6) is 11.6 Å². The molecule has 1 saturated heterocycles. The van der Waals surface area contributed by atoms with Gasteiger partial charge in [0.05, 0.1) is 22.4 Å². The molecular weight excluding hydrogens is 578 g/mol. The zero-order valence-corrected chi connectivity index (χ0v) is 24.3. The first-order valence-corrected chi connectivity index (χ1v) is 13.9. The molecule has 2 aromatic heterocycles. The van der Waals surface area contributed by atoms with Crippen LogP contribution in [0.4, 0.5) is 29.2 Å². The maximum absolute atomic E-state index is 15.0.